The Morgan fingerprint density at radius 3 is 2.85 bits per heavy atom. The van der Waals surface area contributed by atoms with Gasteiger partial charge < -0.3 is 5.32 Å². The van der Waals surface area contributed by atoms with Crippen LogP contribution in [0.3, 0.4) is 0 Å². The summed E-state index contributed by atoms with van der Waals surface area (Å²) in [4.78, 5) is 0. The number of aryl methyl sites for hydroxylation is 1. The van der Waals surface area contributed by atoms with E-state index in [1.54, 1.807) is 10.7 Å². The van der Waals surface area contributed by atoms with E-state index in [1.807, 2.05) is 19.3 Å². The molecule has 0 saturated carbocycles. The van der Waals surface area contributed by atoms with Gasteiger partial charge in [-0.1, -0.05) is 29.8 Å². The van der Waals surface area contributed by atoms with Crippen molar-refractivity contribution in [3.8, 4) is 0 Å². The lowest BCUT2D eigenvalue weighted by Crippen LogP contribution is -2.24. The lowest BCUT2D eigenvalue weighted by atomic mass is 10.0. The summed E-state index contributed by atoms with van der Waals surface area (Å²) in [5, 5.41) is 11.5. The summed E-state index contributed by atoms with van der Waals surface area (Å²) in [6.07, 6.45) is 3.54. The van der Waals surface area contributed by atoms with Gasteiger partial charge in [-0.3, -0.25) is 4.68 Å². The molecule has 6 heteroatoms. The van der Waals surface area contributed by atoms with E-state index in [2.05, 4.69) is 22.6 Å². The van der Waals surface area contributed by atoms with Gasteiger partial charge in [0.15, 0.2) is 0 Å². The molecular formula is C14H18ClFN4. The Hall–Kier alpha value is -1.46. The smallest absolute Gasteiger partial charge is 0.142 e. The van der Waals surface area contributed by atoms with Crippen molar-refractivity contribution in [3.63, 3.8) is 0 Å². The zero-order valence-electron chi connectivity index (χ0n) is 11.6. The molecule has 108 valence electrons. The SMILES string of the molecule is CCCNC(Cc1cn(C)nn1)c1ccc(Cl)c(F)c1. The Morgan fingerprint density at radius 2 is 2.25 bits per heavy atom. The highest BCUT2D eigenvalue weighted by molar-refractivity contribution is 6.30. The van der Waals surface area contributed by atoms with E-state index in [0.717, 1.165) is 24.2 Å². The molecule has 1 aromatic heterocycles. The summed E-state index contributed by atoms with van der Waals surface area (Å²) in [6.45, 7) is 2.95. The minimum atomic E-state index is -0.397. The molecule has 0 saturated heterocycles. The van der Waals surface area contributed by atoms with Crippen LogP contribution in [0.4, 0.5) is 4.39 Å². The molecule has 1 aromatic carbocycles. The van der Waals surface area contributed by atoms with Gasteiger partial charge in [-0.2, -0.15) is 0 Å². The maximum absolute atomic E-state index is 13.6. The van der Waals surface area contributed by atoms with Crippen LogP contribution in [0.1, 0.15) is 30.6 Å². The Labute approximate surface area is 122 Å². The third-order valence-electron chi connectivity index (χ3n) is 3.05. The third-order valence-corrected chi connectivity index (χ3v) is 3.36. The van der Waals surface area contributed by atoms with Crippen LogP contribution in [0.15, 0.2) is 24.4 Å². The van der Waals surface area contributed by atoms with Crippen molar-refractivity contribution in [2.45, 2.75) is 25.8 Å². The first-order valence-electron chi connectivity index (χ1n) is 6.63. The fourth-order valence-corrected chi connectivity index (χ4v) is 2.17. The quantitative estimate of drug-likeness (QED) is 0.891. The first kappa shape index (κ1) is 14.9. The molecule has 20 heavy (non-hydrogen) atoms. The van der Waals surface area contributed by atoms with Crippen LogP contribution in [-0.2, 0) is 13.5 Å². The highest BCUT2D eigenvalue weighted by Crippen LogP contribution is 2.22. The van der Waals surface area contributed by atoms with E-state index in [9.17, 15) is 4.39 Å². The molecule has 1 heterocycles. The van der Waals surface area contributed by atoms with Crippen LogP contribution in [0.25, 0.3) is 0 Å². The first-order valence-corrected chi connectivity index (χ1v) is 7.01. The standard InChI is InChI=1S/C14H18ClFN4/c1-3-6-17-14(8-11-9-20(2)19-18-11)10-4-5-12(15)13(16)7-10/h4-5,7,9,14,17H,3,6,8H2,1-2H3. The van der Waals surface area contributed by atoms with Gasteiger partial charge in [0.25, 0.3) is 0 Å². The van der Waals surface area contributed by atoms with Crippen LogP contribution in [0, 0.1) is 5.82 Å². The van der Waals surface area contributed by atoms with Crippen LogP contribution in [-0.4, -0.2) is 21.5 Å². The van der Waals surface area contributed by atoms with Crippen LogP contribution >= 0.6 is 11.6 Å². The monoisotopic (exact) mass is 296 g/mol. The van der Waals surface area contributed by atoms with Gasteiger partial charge in [0.05, 0.1) is 10.7 Å². The molecule has 1 N–H and O–H groups in total. The molecule has 1 unspecified atom stereocenters. The lowest BCUT2D eigenvalue weighted by molar-refractivity contribution is 0.519. The minimum Gasteiger partial charge on any atom is -0.310 e. The third kappa shape index (κ3) is 3.77. The van der Waals surface area contributed by atoms with E-state index in [1.165, 1.54) is 6.07 Å². The minimum absolute atomic E-state index is 0.00147. The van der Waals surface area contributed by atoms with Gasteiger partial charge in [0.1, 0.15) is 5.82 Å². The van der Waals surface area contributed by atoms with Crippen molar-refractivity contribution < 1.29 is 4.39 Å². The van der Waals surface area contributed by atoms with Gasteiger partial charge in [-0.25, -0.2) is 4.39 Å². The van der Waals surface area contributed by atoms with Crippen molar-refractivity contribution in [1.82, 2.24) is 20.3 Å². The number of halogens is 2. The summed E-state index contributed by atoms with van der Waals surface area (Å²) in [7, 11) is 1.83. The van der Waals surface area contributed by atoms with Gasteiger partial charge >= 0.3 is 0 Å². The lowest BCUT2D eigenvalue weighted by Gasteiger charge is -2.18. The molecule has 1 atom stereocenters. The summed E-state index contributed by atoms with van der Waals surface area (Å²) >= 11 is 5.73. The molecule has 0 fully saturated rings. The Morgan fingerprint density at radius 1 is 1.45 bits per heavy atom. The number of benzene rings is 1. The molecule has 0 amide bonds. The average molecular weight is 297 g/mol. The van der Waals surface area contributed by atoms with Gasteiger partial charge in [-0.05, 0) is 30.7 Å². The van der Waals surface area contributed by atoms with Crippen molar-refractivity contribution in [2.24, 2.45) is 7.05 Å². The molecule has 2 rings (SSSR count). The molecule has 0 aliphatic rings. The van der Waals surface area contributed by atoms with Crippen molar-refractivity contribution >= 4 is 11.6 Å². The largest absolute Gasteiger partial charge is 0.310 e. The van der Waals surface area contributed by atoms with Crippen LogP contribution in [0.2, 0.25) is 5.02 Å². The molecule has 0 aliphatic heterocycles. The zero-order valence-corrected chi connectivity index (χ0v) is 12.4. The molecule has 0 radical (unpaired) electrons. The predicted molar refractivity (Wildman–Crippen MR) is 77.2 cm³/mol. The summed E-state index contributed by atoms with van der Waals surface area (Å²) < 4.78 is 15.3. The highest BCUT2D eigenvalue weighted by atomic mass is 35.5. The van der Waals surface area contributed by atoms with Crippen molar-refractivity contribution in [3.05, 3.63) is 46.5 Å². The number of rotatable bonds is 6. The van der Waals surface area contributed by atoms with Gasteiger partial charge in [-0.15, -0.1) is 5.10 Å². The predicted octanol–water partition coefficient (Wildman–Crippen LogP) is 2.89. The summed E-state index contributed by atoms with van der Waals surface area (Å²) in [5.41, 5.74) is 1.74. The number of nitrogens with one attached hydrogen (secondary N) is 1. The van der Waals surface area contributed by atoms with Crippen LogP contribution < -0.4 is 5.32 Å². The average Bonchev–Trinajstić information content (AvgIpc) is 2.83. The second-order valence-corrected chi connectivity index (χ2v) is 5.18. The van der Waals surface area contributed by atoms with Gasteiger partial charge in [0.2, 0.25) is 0 Å². The van der Waals surface area contributed by atoms with Gasteiger partial charge in [0, 0.05) is 25.7 Å². The fraction of sp³-hybridized carbons (Fsp3) is 0.429. The number of hydrogen-bond acceptors (Lipinski definition) is 3. The molecule has 0 aliphatic carbocycles. The second-order valence-electron chi connectivity index (χ2n) is 4.77. The van der Waals surface area contributed by atoms with E-state index < -0.39 is 5.82 Å². The Balaban J connectivity index is 2.19. The van der Waals surface area contributed by atoms with Crippen molar-refractivity contribution in [1.29, 1.82) is 0 Å². The van der Waals surface area contributed by atoms with Crippen LogP contribution in [0.5, 0.6) is 0 Å². The number of nitrogens with zero attached hydrogens (tertiary/aromatic N) is 3. The highest BCUT2D eigenvalue weighted by Gasteiger charge is 2.15. The summed E-state index contributed by atoms with van der Waals surface area (Å²) in [6, 6.07) is 4.91. The maximum Gasteiger partial charge on any atom is 0.142 e. The van der Waals surface area contributed by atoms with E-state index in [0.29, 0.717) is 6.42 Å². The van der Waals surface area contributed by atoms with E-state index in [-0.39, 0.29) is 11.1 Å². The van der Waals surface area contributed by atoms with Crippen molar-refractivity contribution in [2.75, 3.05) is 6.54 Å². The normalized spacial score (nSPS) is 12.6. The maximum atomic E-state index is 13.6. The fourth-order valence-electron chi connectivity index (χ4n) is 2.05. The summed E-state index contributed by atoms with van der Waals surface area (Å²) in [5.74, 6) is -0.397. The molecule has 0 spiro atoms. The Bertz CT molecular complexity index is 570. The zero-order chi connectivity index (χ0) is 14.5. The second kappa shape index (κ2) is 6.81. The molecular weight excluding hydrogens is 279 g/mol. The topological polar surface area (TPSA) is 42.7 Å². The Kier molecular flexibility index (Phi) is 5.09. The first-order chi connectivity index (χ1) is 9.60. The molecule has 2 aromatic rings. The van der Waals surface area contributed by atoms with E-state index >= 15 is 0 Å². The molecule has 4 nitrogen and oxygen atoms in total. The molecule has 0 bridgehead atoms. The number of aromatic nitrogens is 3. The number of hydrogen-bond donors (Lipinski definition) is 1. The van der Waals surface area contributed by atoms with E-state index in [4.69, 9.17) is 11.6 Å².